The minimum absolute atomic E-state index is 0.0365. The first-order valence-electron chi connectivity index (χ1n) is 5.53. The van der Waals surface area contributed by atoms with Crippen LogP contribution in [0.3, 0.4) is 0 Å². The van der Waals surface area contributed by atoms with E-state index in [1.54, 1.807) is 18.2 Å². The summed E-state index contributed by atoms with van der Waals surface area (Å²) in [6, 6.07) is 5.34. The minimum Gasteiger partial charge on any atom is -0.483 e. The molecule has 5 heteroatoms. The molecule has 1 fully saturated rings. The zero-order chi connectivity index (χ0) is 12.3. The van der Waals surface area contributed by atoms with Crippen LogP contribution >= 0.6 is 27.5 Å². The molecule has 1 heterocycles. The second-order valence-corrected chi connectivity index (χ2v) is 5.13. The molecule has 1 aromatic carbocycles. The van der Waals surface area contributed by atoms with Gasteiger partial charge in [0.25, 0.3) is 5.91 Å². The Balaban J connectivity index is 1.93. The van der Waals surface area contributed by atoms with Crippen molar-refractivity contribution in [3.63, 3.8) is 0 Å². The van der Waals surface area contributed by atoms with Gasteiger partial charge in [-0.05, 0) is 40.9 Å². The molecule has 0 radical (unpaired) electrons. The van der Waals surface area contributed by atoms with Crippen molar-refractivity contribution < 1.29 is 9.53 Å². The number of halogens is 2. The normalized spacial score (nSPS) is 15.1. The SMILES string of the molecule is O=C(COc1cccc(Cl)c1Br)N1CCCC1. The lowest BCUT2D eigenvalue weighted by atomic mass is 10.3. The van der Waals surface area contributed by atoms with Crippen LogP contribution in [-0.2, 0) is 4.79 Å². The van der Waals surface area contributed by atoms with Gasteiger partial charge in [-0.3, -0.25) is 4.79 Å². The number of ether oxygens (including phenoxy) is 1. The van der Waals surface area contributed by atoms with Crippen LogP contribution in [0.4, 0.5) is 0 Å². The van der Waals surface area contributed by atoms with Crippen LogP contribution in [-0.4, -0.2) is 30.5 Å². The summed E-state index contributed by atoms with van der Waals surface area (Å²) in [7, 11) is 0. The zero-order valence-electron chi connectivity index (χ0n) is 9.29. The maximum absolute atomic E-state index is 11.8. The molecule has 0 atom stereocenters. The van der Waals surface area contributed by atoms with E-state index in [0.717, 1.165) is 25.9 Å². The Bertz CT molecular complexity index is 419. The molecule has 1 saturated heterocycles. The van der Waals surface area contributed by atoms with Gasteiger partial charge >= 0.3 is 0 Å². The second-order valence-electron chi connectivity index (χ2n) is 3.93. The van der Waals surface area contributed by atoms with E-state index in [9.17, 15) is 4.79 Å². The molecule has 0 aromatic heterocycles. The number of rotatable bonds is 3. The Kier molecular flexibility index (Phi) is 4.29. The number of amides is 1. The molecule has 92 valence electrons. The molecule has 0 bridgehead atoms. The highest BCUT2D eigenvalue weighted by atomic mass is 79.9. The summed E-state index contributed by atoms with van der Waals surface area (Å²) in [6.07, 6.45) is 2.18. The minimum atomic E-state index is 0.0365. The summed E-state index contributed by atoms with van der Waals surface area (Å²) in [5.41, 5.74) is 0. The number of hydrogen-bond acceptors (Lipinski definition) is 2. The quantitative estimate of drug-likeness (QED) is 0.857. The van der Waals surface area contributed by atoms with Crippen LogP contribution in [0.25, 0.3) is 0 Å². The largest absolute Gasteiger partial charge is 0.483 e. The Hall–Kier alpha value is -0.740. The molecule has 0 spiro atoms. The molecular weight excluding hydrogens is 305 g/mol. The van der Waals surface area contributed by atoms with Crippen molar-refractivity contribution in [3.8, 4) is 5.75 Å². The summed E-state index contributed by atoms with van der Waals surface area (Å²) in [5, 5.41) is 0.580. The molecule has 1 aromatic rings. The maximum Gasteiger partial charge on any atom is 0.260 e. The van der Waals surface area contributed by atoms with Crippen LogP contribution in [0, 0.1) is 0 Å². The molecule has 1 aliphatic rings. The number of carbonyl (C=O) groups is 1. The molecular formula is C12H13BrClNO2. The van der Waals surface area contributed by atoms with Crippen LogP contribution < -0.4 is 4.74 Å². The van der Waals surface area contributed by atoms with E-state index in [-0.39, 0.29) is 12.5 Å². The standard InChI is InChI=1S/C12H13BrClNO2/c13-12-9(14)4-3-5-10(12)17-8-11(16)15-6-1-2-7-15/h3-5H,1-2,6-8H2. The molecule has 17 heavy (non-hydrogen) atoms. The Morgan fingerprint density at radius 1 is 1.41 bits per heavy atom. The number of likely N-dealkylation sites (tertiary alicyclic amines) is 1. The third-order valence-electron chi connectivity index (χ3n) is 2.73. The molecule has 0 unspecified atom stereocenters. The third kappa shape index (κ3) is 3.13. The van der Waals surface area contributed by atoms with Gasteiger partial charge in [0.15, 0.2) is 6.61 Å². The summed E-state index contributed by atoms with van der Waals surface area (Å²) in [5.74, 6) is 0.638. The lowest BCUT2D eigenvalue weighted by Crippen LogP contribution is -2.32. The first-order chi connectivity index (χ1) is 8.18. The summed E-state index contributed by atoms with van der Waals surface area (Å²) in [4.78, 5) is 13.6. The molecule has 0 saturated carbocycles. The number of benzene rings is 1. The van der Waals surface area contributed by atoms with Crippen molar-refractivity contribution in [2.45, 2.75) is 12.8 Å². The van der Waals surface area contributed by atoms with Crippen molar-refractivity contribution in [2.75, 3.05) is 19.7 Å². The molecule has 0 N–H and O–H groups in total. The van der Waals surface area contributed by atoms with E-state index in [2.05, 4.69) is 15.9 Å². The zero-order valence-corrected chi connectivity index (χ0v) is 11.6. The number of carbonyl (C=O) groups excluding carboxylic acids is 1. The van der Waals surface area contributed by atoms with Crippen LogP contribution in [0.1, 0.15) is 12.8 Å². The van der Waals surface area contributed by atoms with Gasteiger partial charge in [0, 0.05) is 13.1 Å². The first-order valence-corrected chi connectivity index (χ1v) is 6.70. The second kappa shape index (κ2) is 5.74. The highest BCUT2D eigenvalue weighted by molar-refractivity contribution is 9.10. The highest BCUT2D eigenvalue weighted by Gasteiger charge is 2.18. The van der Waals surface area contributed by atoms with Gasteiger partial charge in [0.1, 0.15) is 5.75 Å². The van der Waals surface area contributed by atoms with Gasteiger partial charge in [-0.15, -0.1) is 0 Å². The van der Waals surface area contributed by atoms with Crippen molar-refractivity contribution in [1.29, 1.82) is 0 Å². The molecule has 1 amide bonds. The van der Waals surface area contributed by atoms with E-state index in [0.29, 0.717) is 15.2 Å². The topological polar surface area (TPSA) is 29.5 Å². The molecule has 3 nitrogen and oxygen atoms in total. The Morgan fingerprint density at radius 3 is 2.82 bits per heavy atom. The van der Waals surface area contributed by atoms with Crippen LogP contribution in [0.15, 0.2) is 22.7 Å². The molecule has 0 aliphatic carbocycles. The lowest BCUT2D eigenvalue weighted by molar-refractivity contribution is -0.132. The average Bonchev–Trinajstić information content (AvgIpc) is 2.84. The van der Waals surface area contributed by atoms with Gasteiger partial charge in [-0.25, -0.2) is 0 Å². The van der Waals surface area contributed by atoms with E-state index >= 15 is 0 Å². The van der Waals surface area contributed by atoms with E-state index in [4.69, 9.17) is 16.3 Å². The Labute approximate surface area is 114 Å². The summed E-state index contributed by atoms with van der Waals surface area (Å²) < 4.78 is 6.16. The third-order valence-corrected chi connectivity index (χ3v) is 4.09. The predicted octanol–water partition coefficient (Wildman–Crippen LogP) is 3.10. The van der Waals surface area contributed by atoms with Gasteiger partial charge in [0.2, 0.25) is 0 Å². The van der Waals surface area contributed by atoms with Gasteiger partial charge in [-0.2, -0.15) is 0 Å². The van der Waals surface area contributed by atoms with Crippen LogP contribution in [0.5, 0.6) is 5.75 Å². The fraction of sp³-hybridized carbons (Fsp3) is 0.417. The van der Waals surface area contributed by atoms with Crippen molar-refractivity contribution in [1.82, 2.24) is 4.90 Å². The average molecular weight is 319 g/mol. The Morgan fingerprint density at radius 2 is 2.12 bits per heavy atom. The maximum atomic E-state index is 11.8. The van der Waals surface area contributed by atoms with Gasteiger partial charge < -0.3 is 9.64 Å². The number of hydrogen-bond donors (Lipinski definition) is 0. The molecule has 1 aliphatic heterocycles. The van der Waals surface area contributed by atoms with Crippen molar-refractivity contribution >= 4 is 33.4 Å². The summed E-state index contributed by atoms with van der Waals surface area (Å²) in [6.45, 7) is 1.76. The lowest BCUT2D eigenvalue weighted by Gasteiger charge is -2.16. The fourth-order valence-electron chi connectivity index (χ4n) is 1.79. The number of nitrogens with zero attached hydrogens (tertiary/aromatic N) is 1. The van der Waals surface area contributed by atoms with E-state index in [1.807, 2.05) is 4.90 Å². The monoisotopic (exact) mass is 317 g/mol. The van der Waals surface area contributed by atoms with Gasteiger partial charge in [0.05, 0.1) is 9.50 Å². The highest BCUT2D eigenvalue weighted by Crippen LogP contribution is 2.31. The van der Waals surface area contributed by atoms with Gasteiger partial charge in [-0.1, -0.05) is 17.7 Å². The van der Waals surface area contributed by atoms with E-state index in [1.165, 1.54) is 0 Å². The smallest absolute Gasteiger partial charge is 0.260 e. The van der Waals surface area contributed by atoms with Crippen molar-refractivity contribution in [2.24, 2.45) is 0 Å². The van der Waals surface area contributed by atoms with E-state index < -0.39 is 0 Å². The summed E-state index contributed by atoms with van der Waals surface area (Å²) >= 11 is 9.27. The molecule has 2 rings (SSSR count). The fourth-order valence-corrected chi connectivity index (χ4v) is 2.34. The predicted molar refractivity (Wildman–Crippen MR) is 70.5 cm³/mol. The van der Waals surface area contributed by atoms with Crippen LogP contribution in [0.2, 0.25) is 5.02 Å². The first kappa shape index (κ1) is 12.7. The van der Waals surface area contributed by atoms with Crippen molar-refractivity contribution in [3.05, 3.63) is 27.7 Å².